The highest BCUT2D eigenvalue weighted by atomic mass is 19.3. The van der Waals surface area contributed by atoms with Crippen LogP contribution in [-0.2, 0) is 0 Å². The summed E-state index contributed by atoms with van der Waals surface area (Å²) in [5.41, 5.74) is 1.33. The summed E-state index contributed by atoms with van der Waals surface area (Å²) in [4.78, 5) is 0. The van der Waals surface area contributed by atoms with Gasteiger partial charge in [0, 0.05) is 12.8 Å². The van der Waals surface area contributed by atoms with Gasteiger partial charge in [0.2, 0.25) is 5.92 Å². The van der Waals surface area contributed by atoms with E-state index in [1.165, 1.54) is 5.56 Å². The van der Waals surface area contributed by atoms with E-state index in [4.69, 9.17) is 0 Å². The van der Waals surface area contributed by atoms with Crippen molar-refractivity contribution < 1.29 is 8.78 Å². The van der Waals surface area contributed by atoms with Gasteiger partial charge in [-0.05, 0) is 36.2 Å². The molecule has 0 N–H and O–H groups in total. The zero-order chi connectivity index (χ0) is 13.9. The van der Waals surface area contributed by atoms with Crippen LogP contribution >= 0.6 is 0 Å². The van der Waals surface area contributed by atoms with Gasteiger partial charge in [-0.2, -0.15) is 0 Å². The van der Waals surface area contributed by atoms with Crippen molar-refractivity contribution in [1.29, 1.82) is 0 Å². The van der Waals surface area contributed by atoms with Gasteiger partial charge in [0.1, 0.15) is 0 Å². The minimum absolute atomic E-state index is 0.0669. The van der Waals surface area contributed by atoms with Crippen molar-refractivity contribution in [2.75, 3.05) is 0 Å². The van der Waals surface area contributed by atoms with E-state index in [0.29, 0.717) is 30.6 Å². The maximum atomic E-state index is 13.3. The van der Waals surface area contributed by atoms with Gasteiger partial charge < -0.3 is 0 Å². The van der Waals surface area contributed by atoms with E-state index in [2.05, 4.69) is 38.1 Å². The fourth-order valence-corrected chi connectivity index (χ4v) is 3.42. The van der Waals surface area contributed by atoms with Gasteiger partial charge >= 0.3 is 0 Å². The van der Waals surface area contributed by atoms with Crippen LogP contribution in [0.3, 0.4) is 0 Å². The SMILES string of the molecule is CCC(C)C(c1ccccc1)C1CCC(F)(F)CC1. The van der Waals surface area contributed by atoms with Crippen LogP contribution < -0.4 is 0 Å². The van der Waals surface area contributed by atoms with E-state index in [9.17, 15) is 8.78 Å². The number of hydrogen-bond donors (Lipinski definition) is 0. The molecule has 106 valence electrons. The highest BCUT2D eigenvalue weighted by Gasteiger charge is 2.39. The van der Waals surface area contributed by atoms with Gasteiger partial charge in [0.15, 0.2) is 0 Å². The van der Waals surface area contributed by atoms with Crippen LogP contribution in [0.1, 0.15) is 57.4 Å². The summed E-state index contributed by atoms with van der Waals surface area (Å²) < 4.78 is 26.7. The molecule has 1 aromatic rings. The third-order valence-corrected chi connectivity index (χ3v) is 4.71. The number of hydrogen-bond acceptors (Lipinski definition) is 0. The molecule has 1 aromatic carbocycles. The van der Waals surface area contributed by atoms with Gasteiger partial charge in [-0.15, -0.1) is 0 Å². The second kappa shape index (κ2) is 6.02. The first-order chi connectivity index (χ1) is 9.03. The lowest BCUT2D eigenvalue weighted by Crippen LogP contribution is -2.30. The number of halogens is 2. The fraction of sp³-hybridized carbons (Fsp3) is 0.647. The Bertz CT molecular complexity index is 376. The Balaban J connectivity index is 2.16. The molecule has 0 aromatic heterocycles. The van der Waals surface area contributed by atoms with Crippen LogP contribution in [-0.4, -0.2) is 5.92 Å². The van der Waals surface area contributed by atoms with E-state index in [-0.39, 0.29) is 12.8 Å². The van der Waals surface area contributed by atoms with Crippen molar-refractivity contribution in [2.24, 2.45) is 11.8 Å². The average molecular weight is 266 g/mol. The summed E-state index contributed by atoms with van der Waals surface area (Å²) in [5.74, 6) is -1.02. The highest BCUT2D eigenvalue weighted by Crippen LogP contribution is 2.45. The van der Waals surface area contributed by atoms with E-state index < -0.39 is 5.92 Å². The standard InChI is InChI=1S/C17H24F2/c1-3-13(2)16(14-7-5-4-6-8-14)15-9-11-17(18,19)12-10-15/h4-8,13,15-16H,3,9-12H2,1-2H3. The lowest BCUT2D eigenvalue weighted by atomic mass is 9.70. The third-order valence-electron chi connectivity index (χ3n) is 4.71. The highest BCUT2D eigenvalue weighted by molar-refractivity contribution is 5.21. The van der Waals surface area contributed by atoms with Crippen molar-refractivity contribution in [3.05, 3.63) is 35.9 Å². The number of alkyl halides is 2. The van der Waals surface area contributed by atoms with Crippen LogP contribution in [0.25, 0.3) is 0 Å². The van der Waals surface area contributed by atoms with Crippen molar-refractivity contribution in [3.8, 4) is 0 Å². The molecule has 2 heteroatoms. The summed E-state index contributed by atoms with van der Waals surface area (Å²) in [6, 6.07) is 10.4. The first-order valence-corrected chi connectivity index (χ1v) is 7.46. The maximum absolute atomic E-state index is 13.3. The molecular weight excluding hydrogens is 242 g/mol. The molecule has 0 saturated heterocycles. The topological polar surface area (TPSA) is 0 Å². The molecule has 1 fully saturated rings. The molecule has 0 heterocycles. The summed E-state index contributed by atoms with van der Waals surface area (Å²) in [6.07, 6.45) is 2.56. The zero-order valence-electron chi connectivity index (χ0n) is 11.9. The molecule has 19 heavy (non-hydrogen) atoms. The van der Waals surface area contributed by atoms with E-state index >= 15 is 0 Å². The molecule has 2 unspecified atom stereocenters. The fourth-order valence-electron chi connectivity index (χ4n) is 3.42. The minimum Gasteiger partial charge on any atom is -0.207 e. The van der Waals surface area contributed by atoms with Crippen molar-refractivity contribution in [1.82, 2.24) is 0 Å². The van der Waals surface area contributed by atoms with E-state index in [1.54, 1.807) is 0 Å². The second-order valence-corrected chi connectivity index (χ2v) is 6.02. The summed E-state index contributed by atoms with van der Waals surface area (Å²) >= 11 is 0. The number of rotatable bonds is 4. The lowest BCUT2D eigenvalue weighted by Gasteiger charge is -2.37. The Hall–Kier alpha value is -0.920. The first-order valence-electron chi connectivity index (χ1n) is 7.46. The molecule has 1 aliphatic carbocycles. The molecule has 2 atom stereocenters. The van der Waals surface area contributed by atoms with Gasteiger partial charge in [-0.3, -0.25) is 0 Å². The smallest absolute Gasteiger partial charge is 0.207 e. The van der Waals surface area contributed by atoms with Crippen molar-refractivity contribution in [2.45, 2.75) is 57.8 Å². The van der Waals surface area contributed by atoms with Crippen LogP contribution in [0.15, 0.2) is 30.3 Å². The molecule has 1 aliphatic rings. The summed E-state index contributed by atoms with van der Waals surface area (Å²) in [7, 11) is 0. The predicted octanol–water partition coefficient (Wildman–Crippen LogP) is 5.64. The first kappa shape index (κ1) is 14.5. The van der Waals surface area contributed by atoms with Crippen LogP contribution in [0.5, 0.6) is 0 Å². The molecule has 0 radical (unpaired) electrons. The van der Waals surface area contributed by atoms with Gasteiger partial charge in [-0.25, -0.2) is 8.78 Å². The molecule has 0 nitrogen and oxygen atoms in total. The third kappa shape index (κ3) is 3.55. The van der Waals surface area contributed by atoms with Crippen molar-refractivity contribution >= 4 is 0 Å². The Labute approximate surface area is 115 Å². The van der Waals surface area contributed by atoms with Crippen LogP contribution in [0, 0.1) is 11.8 Å². The Morgan fingerprint density at radius 2 is 1.74 bits per heavy atom. The van der Waals surface area contributed by atoms with Crippen molar-refractivity contribution in [3.63, 3.8) is 0 Å². The molecule has 1 saturated carbocycles. The quantitative estimate of drug-likeness (QED) is 0.661. The Morgan fingerprint density at radius 1 is 1.16 bits per heavy atom. The van der Waals surface area contributed by atoms with Crippen LogP contribution in [0.4, 0.5) is 8.78 Å². The van der Waals surface area contributed by atoms with Gasteiger partial charge in [0.05, 0.1) is 0 Å². The molecule has 2 rings (SSSR count). The molecular formula is C17H24F2. The van der Waals surface area contributed by atoms with E-state index in [1.807, 2.05) is 6.07 Å². The van der Waals surface area contributed by atoms with E-state index in [0.717, 1.165) is 6.42 Å². The minimum atomic E-state index is -2.42. The second-order valence-electron chi connectivity index (χ2n) is 6.02. The summed E-state index contributed by atoms with van der Waals surface area (Å²) in [5, 5.41) is 0. The normalized spacial score (nSPS) is 22.9. The maximum Gasteiger partial charge on any atom is 0.248 e. The van der Waals surface area contributed by atoms with Gasteiger partial charge in [-0.1, -0.05) is 50.6 Å². The van der Waals surface area contributed by atoms with Crippen LogP contribution in [0.2, 0.25) is 0 Å². The summed E-state index contributed by atoms with van der Waals surface area (Å²) in [6.45, 7) is 4.45. The molecule has 0 spiro atoms. The predicted molar refractivity (Wildman–Crippen MR) is 75.5 cm³/mol. The van der Waals surface area contributed by atoms with Gasteiger partial charge in [0.25, 0.3) is 0 Å². The molecule has 0 bridgehead atoms. The molecule has 0 aliphatic heterocycles. The number of benzene rings is 1. The Morgan fingerprint density at radius 3 is 2.26 bits per heavy atom. The monoisotopic (exact) mass is 266 g/mol. The zero-order valence-corrected chi connectivity index (χ0v) is 11.9. The largest absolute Gasteiger partial charge is 0.248 e. The Kier molecular flexibility index (Phi) is 4.59. The molecule has 0 amide bonds. The average Bonchev–Trinajstić information content (AvgIpc) is 2.42. The lowest BCUT2D eigenvalue weighted by molar-refractivity contribution is -0.0505.